The third kappa shape index (κ3) is 4.66. The predicted octanol–water partition coefficient (Wildman–Crippen LogP) is 3.95. The number of aromatic nitrogens is 2. The van der Waals surface area contributed by atoms with E-state index >= 15 is 0 Å². The highest BCUT2D eigenvalue weighted by Gasteiger charge is 2.22. The minimum absolute atomic E-state index is 0.121. The van der Waals surface area contributed by atoms with Crippen molar-refractivity contribution < 1.29 is 4.79 Å². The third-order valence-corrected chi connectivity index (χ3v) is 4.23. The lowest BCUT2D eigenvalue weighted by Crippen LogP contribution is -2.41. The summed E-state index contributed by atoms with van der Waals surface area (Å²) < 4.78 is 0. The molecule has 0 aliphatic rings. The molecule has 0 unspecified atom stereocenters. The lowest BCUT2D eigenvalue weighted by atomic mass is 10.1. The Morgan fingerprint density at radius 2 is 1.69 bits per heavy atom. The Morgan fingerprint density at radius 1 is 0.962 bits per heavy atom. The number of amides is 2. The molecule has 3 rings (SSSR count). The number of benzene rings is 1. The molecule has 2 amide bonds. The van der Waals surface area contributed by atoms with Gasteiger partial charge in [-0.3, -0.25) is 9.97 Å². The van der Waals surface area contributed by atoms with Crippen molar-refractivity contribution in [3.05, 3.63) is 96.1 Å². The number of carbonyl (C=O) groups excluding carboxylic acids is 1. The van der Waals surface area contributed by atoms with Crippen molar-refractivity contribution >= 4 is 6.03 Å². The molecule has 26 heavy (non-hydrogen) atoms. The average Bonchev–Trinajstić information content (AvgIpc) is 2.72. The number of nitrogens with one attached hydrogen (secondary N) is 1. The Morgan fingerprint density at radius 3 is 2.38 bits per heavy atom. The van der Waals surface area contributed by atoms with Crippen LogP contribution in [0.1, 0.15) is 29.8 Å². The quantitative estimate of drug-likeness (QED) is 0.735. The minimum Gasteiger partial charge on any atom is -0.334 e. The largest absolute Gasteiger partial charge is 0.334 e. The molecule has 3 aromatic rings. The summed E-state index contributed by atoms with van der Waals surface area (Å²) in [5.41, 5.74) is 2.95. The van der Waals surface area contributed by atoms with Gasteiger partial charge < -0.3 is 10.2 Å². The fourth-order valence-corrected chi connectivity index (χ4v) is 2.73. The highest BCUT2D eigenvalue weighted by atomic mass is 16.2. The van der Waals surface area contributed by atoms with Crippen LogP contribution >= 0.6 is 0 Å². The molecule has 1 aromatic carbocycles. The van der Waals surface area contributed by atoms with E-state index in [1.54, 1.807) is 23.5 Å². The van der Waals surface area contributed by atoms with E-state index in [1.165, 1.54) is 0 Å². The van der Waals surface area contributed by atoms with Crippen LogP contribution in [0.3, 0.4) is 0 Å². The fraction of sp³-hybridized carbons (Fsp3) is 0.190. The standard InChI is InChI=1S/C21H22N4O/c1-17(20-9-5-6-12-23-20)25(16-19-7-3-2-4-8-19)21(26)24-15-18-10-13-22-14-11-18/h2-14,17H,15-16H2,1H3,(H,24,26)/t17-/m0/s1. The number of urea groups is 1. The molecule has 0 fully saturated rings. The molecule has 0 bridgehead atoms. The summed E-state index contributed by atoms with van der Waals surface area (Å²) in [6.45, 7) is 2.97. The molecular formula is C21H22N4O. The van der Waals surface area contributed by atoms with E-state index in [1.807, 2.05) is 67.6 Å². The first kappa shape index (κ1) is 17.6. The molecule has 0 saturated carbocycles. The second-order valence-electron chi connectivity index (χ2n) is 6.06. The van der Waals surface area contributed by atoms with E-state index in [9.17, 15) is 4.79 Å². The fourth-order valence-electron chi connectivity index (χ4n) is 2.73. The van der Waals surface area contributed by atoms with Gasteiger partial charge >= 0.3 is 6.03 Å². The normalized spacial score (nSPS) is 11.6. The first-order valence-corrected chi connectivity index (χ1v) is 8.62. The summed E-state index contributed by atoms with van der Waals surface area (Å²) in [4.78, 5) is 23.1. The molecule has 0 aliphatic carbocycles. The molecule has 5 heteroatoms. The Balaban J connectivity index is 1.76. The second kappa shape index (κ2) is 8.76. The number of nitrogens with zero attached hydrogens (tertiary/aromatic N) is 3. The first-order valence-electron chi connectivity index (χ1n) is 8.62. The molecule has 0 aliphatic heterocycles. The molecule has 0 spiro atoms. The van der Waals surface area contributed by atoms with Gasteiger partial charge in [0.2, 0.25) is 0 Å². The number of hydrogen-bond acceptors (Lipinski definition) is 3. The SMILES string of the molecule is C[C@@H](c1ccccn1)N(Cc1ccccc1)C(=O)NCc1ccncc1. The van der Waals surface area contributed by atoms with E-state index < -0.39 is 0 Å². The number of pyridine rings is 2. The monoisotopic (exact) mass is 346 g/mol. The van der Waals surface area contributed by atoms with Gasteiger partial charge in [0.15, 0.2) is 0 Å². The Hall–Kier alpha value is -3.21. The zero-order valence-corrected chi connectivity index (χ0v) is 14.7. The summed E-state index contributed by atoms with van der Waals surface area (Å²) in [6, 6.07) is 19.3. The molecule has 2 heterocycles. The molecule has 0 saturated heterocycles. The number of carbonyl (C=O) groups is 1. The Labute approximate surface area is 153 Å². The smallest absolute Gasteiger partial charge is 0.318 e. The lowest BCUT2D eigenvalue weighted by Gasteiger charge is -2.29. The van der Waals surface area contributed by atoms with E-state index in [4.69, 9.17) is 0 Å². The number of rotatable bonds is 6. The van der Waals surface area contributed by atoms with Gasteiger partial charge in [-0.2, -0.15) is 0 Å². The highest BCUT2D eigenvalue weighted by molar-refractivity contribution is 5.74. The van der Waals surface area contributed by atoms with Crippen LogP contribution in [0.2, 0.25) is 0 Å². The molecular weight excluding hydrogens is 324 g/mol. The molecule has 0 radical (unpaired) electrons. The van der Waals surface area contributed by atoms with Gasteiger partial charge in [-0.15, -0.1) is 0 Å². The van der Waals surface area contributed by atoms with Crippen LogP contribution in [0.5, 0.6) is 0 Å². The van der Waals surface area contributed by atoms with E-state index in [2.05, 4.69) is 15.3 Å². The van der Waals surface area contributed by atoms with Gasteiger partial charge in [0.25, 0.3) is 0 Å². The molecule has 132 valence electrons. The van der Waals surface area contributed by atoms with Gasteiger partial charge in [-0.05, 0) is 42.3 Å². The summed E-state index contributed by atoms with van der Waals surface area (Å²) in [7, 11) is 0. The van der Waals surface area contributed by atoms with Crippen LogP contribution in [0.15, 0.2) is 79.3 Å². The van der Waals surface area contributed by atoms with Crippen molar-refractivity contribution in [2.45, 2.75) is 26.1 Å². The van der Waals surface area contributed by atoms with Crippen LogP contribution in [-0.4, -0.2) is 20.9 Å². The van der Waals surface area contributed by atoms with Crippen LogP contribution < -0.4 is 5.32 Å². The van der Waals surface area contributed by atoms with Gasteiger partial charge in [0, 0.05) is 31.7 Å². The topological polar surface area (TPSA) is 58.1 Å². The zero-order chi connectivity index (χ0) is 18.2. The van der Waals surface area contributed by atoms with Crippen LogP contribution in [0.4, 0.5) is 4.79 Å². The molecule has 1 N–H and O–H groups in total. The first-order chi connectivity index (χ1) is 12.7. The number of hydrogen-bond donors (Lipinski definition) is 1. The van der Waals surface area contributed by atoms with E-state index in [0.29, 0.717) is 13.1 Å². The van der Waals surface area contributed by atoms with Crippen molar-refractivity contribution in [1.82, 2.24) is 20.2 Å². The third-order valence-electron chi connectivity index (χ3n) is 4.23. The Bertz CT molecular complexity index is 809. The highest BCUT2D eigenvalue weighted by Crippen LogP contribution is 2.21. The summed E-state index contributed by atoms with van der Waals surface area (Å²) >= 11 is 0. The minimum atomic E-state index is -0.145. The average molecular weight is 346 g/mol. The van der Waals surface area contributed by atoms with Crippen LogP contribution in [0, 0.1) is 0 Å². The summed E-state index contributed by atoms with van der Waals surface area (Å²) in [5, 5.41) is 3.00. The molecule has 1 atom stereocenters. The van der Waals surface area contributed by atoms with Crippen molar-refractivity contribution in [3.63, 3.8) is 0 Å². The van der Waals surface area contributed by atoms with Crippen LogP contribution in [-0.2, 0) is 13.1 Å². The van der Waals surface area contributed by atoms with Crippen molar-refractivity contribution in [2.75, 3.05) is 0 Å². The van der Waals surface area contributed by atoms with Crippen molar-refractivity contribution in [1.29, 1.82) is 0 Å². The maximum atomic E-state index is 12.9. The van der Waals surface area contributed by atoms with Gasteiger partial charge in [-0.1, -0.05) is 36.4 Å². The molecule has 5 nitrogen and oxygen atoms in total. The van der Waals surface area contributed by atoms with E-state index in [-0.39, 0.29) is 12.1 Å². The predicted molar refractivity (Wildman–Crippen MR) is 101 cm³/mol. The summed E-state index contributed by atoms with van der Waals surface area (Å²) in [5.74, 6) is 0. The zero-order valence-electron chi connectivity index (χ0n) is 14.7. The maximum Gasteiger partial charge on any atom is 0.318 e. The van der Waals surface area contributed by atoms with Crippen molar-refractivity contribution in [2.24, 2.45) is 0 Å². The Kier molecular flexibility index (Phi) is 5.93. The van der Waals surface area contributed by atoms with Crippen molar-refractivity contribution in [3.8, 4) is 0 Å². The second-order valence-corrected chi connectivity index (χ2v) is 6.06. The maximum absolute atomic E-state index is 12.9. The molecule has 2 aromatic heterocycles. The van der Waals surface area contributed by atoms with Gasteiger partial charge in [-0.25, -0.2) is 4.79 Å². The summed E-state index contributed by atoms with van der Waals surface area (Å²) in [6.07, 6.45) is 5.20. The van der Waals surface area contributed by atoms with E-state index in [0.717, 1.165) is 16.8 Å². The lowest BCUT2D eigenvalue weighted by molar-refractivity contribution is 0.173. The van der Waals surface area contributed by atoms with Crippen LogP contribution in [0.25, 0.3) is 0 Å². The van der Waals surface area contributed by atoms with Gasteiger partial charge in [0.1, 0.15) is 0 Å². The van der Waals surface area contributed by atoms with Gasteiger partial charge in [0.05, 0.1) is 11.7 Å².